The molecule has 9 aromatic rings. The number of nitrogens with zero attached hydrogens (tertiary/aromatic N) is 3. The molecule has 4 heterocycles. The van der Waals surface area contributed by atoms with E-state index in [2.05, 4.69) is 220 Å². The molecular formula is C57H43N5. The quantitative estimate of drug-likeness (QED) is 0.169. The van der Waals surface area contributed by atoms with Crippen molar-refractivity contribution in [1.82, 2.24) is 19.8 Å². The third-order valence-electron chi connectivity index (χ3n) is 12.6. The van der Waals surface area contributed by atoms with Gasteiger partial charge in [-0.2, -0.15) is 0 Å². The highest BCUT2D eigenvalue weighted by Gasteiger charge is 2.32. The van der Waals surface area contributed by atoms with Gasteiger partial charge in [0.05, 0.1) is 39.2 Å². The molecule has 0 radical (unpaired) electrons. The zero-order valence-corrected chi connectivity index (χ0v) is 34.2. The second kappa shape index (κ2) is 15.0. The van der Waals surface area contributed by atoms with Crippen molar-refractivity contribution < 1.29 is 0 Å². The summed E-state index contributed by atoms with van der Waals surface area (Å²) in [6.07, 6.45) is 15.2. The number of rotatable bonds is 7. The lowest BCUT2D eigenvalue weighted by atomic mass is 9.97. The van der Waals surface area contributed by atoms with Crippen molar-refractivity contribution in [3.8, 4) is 16.8 Å². The van der Waals surface area contributed by atoms with E-state index in [1.165, 1.54) is 54.8 Å². The minimum Gasteiger partial charge on any atom is -0.387 e. The van der Waals surface area contributed by atoms with Gasteiger partial charge in [0.15, 0.2) is 0 Å². The van der Waals surface area contributed by atoms with Crippen LogP contribution in [0.4, 0.5) is 0 Å². The summed E-state index contributed by atoms with van der Waals surface area (Å²) in [5.74, 6) is 0. The van der Waals surface area contributed by atoms with Crippen LogP contribution >= 0.6 is 0 Å². The number of allylic oxidation sites excluding steroid dienone is 5. The van der Waals surface area contributed by atoms with Gasteiger partial charge < -0.3 is 19.8 Å². The van der Waals surface area contributed by atoms with Gasteiger partial charge in [-0.15, -0.1) is 0 Å². The first-order valence-electron chi connectivity index (χ1n) is 21.6. The molecule has 5 heteroatoms. The van der Waals surface area contributed by atoms with Gasteiger partial charge in [0.1, 0.15) is 6.17 Å². The molecule has 62 heavy (non-hydrogen) atoms. The molecule has 2 aliphatic heterocycles. The van der Waals surface area contributed by atoms with Crippen molar-refractivity contribution in [2.75, 3.05) is 6.54 Å². The number of para-hydroxylation sites is 2. The van der Waals surface area contributed by atoms with Gasteiger partial charge >= 0.3 is 0 Å². The van der Waals surface area contributed by atoms with Crippen LogP contribution in [0.3, 0.4) is 0 Å². The molecule has 1 atom stereocenters. The number of aliphatic imine (C=N–C) groups is 1. The molecule has 0 amide bonds. The molecule has 1 unspecified atom stereocenters. The second-order valence-electron chi connectivity index (χ2n) is 16.3. The van der Waals surface area contributed by atoms with Crippen molar-refractivity contribution in [2.45, 2.75) is 19.0 Å². The highest BCUT2D eigenvalue weighted by Crippen LogP contribution is 2.42. The van der Waals surface area contributed by atoms with E-state index in [-0.39, 0.29) is 6.17 Å². The number of fused-ring (bicyclic) bond motifs is 6. The van der Waals surface area contributed by atoms with Crippen LogP contribution in [-0.2, 0) is 0 Å². The average molecular weight is 798 g/mol. The summed E-state index contributed by atoms with van der Waals surface area (Å²) in [6, 6.07) is 61.6. The monoisotopic (exact) mass is 797 g/mol. The Hall–Kier alpha value is -7.89. The molecule has 0 bridgehead atoms. The largest absolute Gasteiger partial charge is 0.387 e. The van der Waals surface area contributed by atoms with E-state index in [4.69, 9.17) is 4.99 Å². The van der Waals surface area contributed by atoms with Crippen molar-refractivity contribution in [2.24, 2.45) is 4.99 Å². The number of hydrogen-bond acceptors (Lipinski definition) is 3. The van der Waals surface area contributed by atoms with Gasteiger partial charge in [0.25, 0.3) is 0 Å². The van der Waals surface area contributed by atoms with E-state index in [1.54, 1.807) is 0 Å². The minimum atomic E-state index is -0.316. The van der Waals surface area contributed by atoms with E-state index in [1.807, 2.05) is 6.20 Å². The Balaban J connectivity index is 1.08. The maximum atomic E-state index is 5.68. The van der Waals surface area contributed by atoms with Gasteiger partial charge in [0, 0.05) is 39.3 Å². The van der Waals surface area contributed by atoms with E-state index < -0.39 is 0 Å². The lowest BCUT2D eigenvalue weighted by molar-refractivity contribution is 0.623. The van der Waals surface area contributed by atoms with Gasteiger partial charge in [-0.25, -0.2) is 4.99 Å². The van der Waals surface area contributed by atoms with Crippen LogP contribution in [0.1, 0.15) is 35.7 Å². The maximum absolute atomic E-state index is 5.68. The predicted molar refractivity (Wildman–Crippen MR) is 260 cm³/mol. The minimum absolute atomic E-state index is 0.316. The van der Waals surface area contributed by atoms with E-state index in [0.717, 1.165) is 69.9 Å². The molecule has 0 saturated carbocycles. The average Bonchev–Trinajstić information content (AvgIpc) is 3.86. The molecule has 7 aromatic carbocycles. The smallest absolute Gasteiger partial charge is 0.148 e. The highest BCUT2D eigenvalue weighted by molar-refractivity contribution is 6.16. The predicted octanol–water partition coefficient (Wildman–Crippen LogP) is 13.4. The van der Waals surface area contributed by atoms with Crippen LogP contribution in [0, 0.1) is 0 Å². The van der Waals surface area contributed by atoms with Crippen LogP contribution in [0.2, 0.25) is 0 Å². The Bertz CT molecular complexity index is 3410. The Labute approximate surface area is 360 Å². The standard InChI is InChI=1S/C57H43N5/c1-5-15-38(16-6-1)44-25-28-47-49-36-43(42-26-29-51-48(35-42)46-23-13-14-24-50(46)61(51)45-21-11-4-12-22-45)27-30-52(49)62(53(47)37-44)57-56(41-31-33-58-34-32-41)59-54(39-17-7-2-8-18-39)55(60-57)40-19-9-3-10-20-40/h2-5,7-33,35-37,57-58,60H,1,6,34H2. The number of hydrogen-bond donors (Lipinski definition) is 2. The van der Waals surface area contributed by atoms with Crippen LogP contribution in [0.25, 0.3) is 77.4 Å². The summed E-state index contributed by atoms with van der Waals surface area (Å²) in [5.41, 5.74) is 16.9. The first-order chi connectivity index (χ1) is 30.8. The zero-order chi connectivity index (χ0) is 41.0. The topological polar surface area (TPSA) is 46.3 Å². The highest BCUT2D eigenvalue weighted by atomic mass is 15.2. The fourth-order valence-electron chi connectivity index (χ4n) is 9.72. The summed E-state index contributed by atoms with van der Waals surface area (Å²) in [7, 11) is 0. The van der Waals surface area contributed by atoms with Crippen molar-refractivity contribution in [3.05, 3.63) is 229 Å². The SMILES string of the molecule is C1=CC(c2ccc3c4cc(-c5ccc6c(c5)c5ccccc5n6-c5ccccc5)ccc4n(C4NC(c5ccccc5)=C(c5ccccc5)N=C4C4=CCNC=C4)c3c2)=CCC1. The van der Waals surface area contributed by atoms with Crippen molar-refractivity contribution >= 4 is 66.3 Å². The first kappa shape index (κ1) is 36.0. The number of nitrogens with one attached hydrogen (secondary N) is 2. The number of benzene rings is 7. The summed E-state index contributed by atoms with van der Waals surface area (Å²) >= 11 is 0. The molecule has 0 spiro atoms. The van der Waals surface area contributed by atoms with Crippen LogP contribution in [0.15, 0.2) is 217 Å². The number of dihydropyridines is 1. The molecule has 296 valence electrons. The molecular weight excluding hydrogens is 755 g/mol. The van der Waals surface area contributed by atoms with Crippen molar-refractivity contribution in [1.29, 1.82) is 0 Å². The Morgan fingerprint density at radius 1 is 0.484 bits per heavy atom. The lowest BCUT2D eigenvalue weighted by Gasteiger charge is -2.33. The third kappa shape index (κ3) is 6.04. The molecule has 0 fully saturated rings. The summed E-state index contributed by atoms with van der Waals surface area (Å²) in [5, 5.41) is 12.4. The summed E-state index contributed by atoms with van der Waals surface area (Å²) in [4.78, 5) is 5.68. The molecule has 5 nitrogen and oxygen atoms in total. The Morgan fingerprint density at radius 2 is 1.15 bits per heavy atom. The molecule has 1 aliphatic carbocycles. The molecule has 12 rings (SSSR count). The Morgan fingerprint density at radius 3 is 1.89 bits per heavy atom. The Kier molecular flexibility index (Phi) is 8.70. The van der Waals surface area contributed by atoms with E-state index in [9.17, 15) is 0 Å². The van der Waals surface area contributed by atoms with Gasteiger partial charge in [0.2, 0.25) is 0 Å². The molecule has 0 saturated heterocycles. The lowest BCUT2D eigenvalue weighted by Crippen LogP contribution is -2.37. The summed E-state index contributed by atoms with van der Waals surface area (Å²) in [6.45, 7) is 0.739. The zero-order valence-electron chi connectivity index (χ0n) is 34.2. The molecule has 2 aromatic heterocycles. The fraction of sp³-hybridized carbons (Fsp3) is 0.0702. The van der Waals surface area contributed by atoms with E-state index in [0.29, 0.717) is 0 Å². The van der Waals surface area contributed by atoms with Gasteiger partial charge in [-0.05, 0) is 107 Å². The number of aromatic nitrogens is 2. The summed E-state index contributed by atoms with van der Waals surface area (Å²) < 4.78 is 4.88. The first-order valence-corrected chi connectivity index (χ1v) is 21.6. The maximum Gasteiger partial charge on any atom is 0.148 e. The molecule has 2 N–H and O–H groups in total. The van der Waals surface area contributed by atoms with Crippen LogP contribution < -0.4 is 10.6 Å². The normalized spacial score (nSPS) is 16.4. The van der Waals surface area contributed by atoms with Gasteiger partial charge in [-0.1, -0.05) is 146 Å². The molecule has 3 aliphatic rings. The second-order valence-corrected chi connectivity index (χ2v) is 16.3. The van der Waals surface area contributed by atoms with Gasteiger partial charge in [-0.3, -0.25) is 0 Å². The van der Waals surface area contributed by atoms with Crippen LogP contribution in [0.5, 0.6) is 0 Å². The van der Waals surface area contributed by atoms with Crippen molar-refractivity contribution in [3.63, 3.8) is 0 Å². The van der Waals surface area contributed by atoms with E-state index >= 15 is 0 Å². The third-order valence-corrected chi connectivity index (χ3v) is 12.6. The fourth-order valence-corrected chi connectivity index (χ4v) is 9.72. The van der Waals surface area contributed by atoms with Crippen LogP contribution in [-0.4, -0.2) is 21.4 Å².